The van der Waals surface area contributed by atoms with E-state index in [4.69, 9.17) is 21.1 Å². The van der Waals surface area contributed by atoms with Crippen molar-refractivity contribution in [2.75, 3.05) is 20.0 Å². The summed E-state index contributed by atoms with van der Waals surface area (Å²) in [5.41, 5.74) is 4.16. The Bertz CT molecular complexity index is 796. The molecule has 0 unspecified atom stereocenters. The minimum atomic E-state index is -0.214. The van der Waals surface area contributed by atoms with Crippen molar-refractivity contribution < 1.29 is 14.3 Å². The van der Waals surface area contributed by atoms with Crippen molar-refractivity contribution in [1.29, 1.82) is 0 Å². The topological polar surface area (TPSA) is 59.9 Å². The lowest BCUT2D eigenvalue weighted by Crippen LogP contribution is -2.20. The van der Waals surface area contributed by atoms with Crippen LogP contribution >= 0.6 is 23.4 Å². The number of hydrazone groups is 1. The van der Waals surface area contributed by atoms with Crippen molar-refractivity contribution in [3.8, 4) is 11.5 Å². The largest absolute Gasteiger partial charge is 0.497 e. The number of nitrogens with zero attached hydrogens (tertiary/aromatic N) is 1. The Kier molecular flexibility index (Phi) is 7.81. The van der Waals surface area contributed by atoms with E-state index in [0.29, 0.717) is 16.5 Å². The standard InChI is InChI=1S/C19H21ClN2O3S/c1-4-26-18-8-6-15(20)9-14(18)10-19(23)22-21-12-13-5-7-16(24-2)11-17(13)25-3/h5-9,11-12H,4,10H2,1-3H3,(H,22,23)/b21-12-. The fourth-order valence-electron chi connectivity index (χ4n) is 2.29. The maximum atomic E-state index is 12.2. The van der Waals surface area contributed by atoms with E-state index in [-0.39, 0.29) is 12.3 Å². The molecule has 2 aromatic carbocycles. The number of benzene rings is 2. The third-order valence-electron chi connectivity index (χ3n) is 3.51. The molecule has 0 atom stereocenters. The highest BCUT2D eigenvalue weighted by atomic mass is 35.5. The van der Waals surface area contributed by atoms with E-state index in [1.165, 1.54) is 6.21 Å². The van der Waals surface area contributed by atoms with Gasteiger partial charge in [0.1, 0.15) is 11.5 Å². The normalized spacial score (nSPS) is 10.8. The summed E-state index contributed by atoms with van der Waals surface area (Å²) in [6, 6.07) is 10.9. The van der Waals surface area contributed by atoms with Gasteiger partial charge in [-0.3, -0.25) is 4.79 Å². The predicted molar refractivity (Wildman–Crippen MR) is 107 cm³/mol. The van der Waals surface area contributed by atoms with Gasteiger partial charge in [0.05, 0.1) is 26.9 Å². The number of methoxy groups -OCH3 is 2. The Balaban J connectivity index is 2.03. The molecule has 1 amide bonds. The highest BCUT2D eigenvalue weighted by Crippen LogP contribution is 2.26. The van der Waals surface area contributed by atoms with Crippen molar-refractivity contribution in [1.82, 2.24) is 5.43 Å². The van der Waals surface area contributed by atoms with E-state index in [1.807, 2.05) is 18.2 Å². The Morgan fingerprint density at radius 3 is 2.73 bits per heavy atom. The minimum Gasteiger partial charge on any atom is -0.497 e. The number of carbonyl (C=O) groups excluding carboxylic acids is 1. The molecule has 0 saturated carbocycles. The van der Waals surface area contributed by atoms with Gasteiger partial charge in [0.2, 0.25) is 5.91 Å². The van der Waals surface area contributed by atoms with E-state index in [9.17, 15) is 4.79 Å². The maximum Gasteiger partial charge on any atom is 0.244 e. The van der Waals surface area contributed by atoms with Crippen LogP contribution in [0.2, 0.25) is 5.02 Å². The van der Waals surface area contributed by atoms with Crippen LogP contribution in [0.25, 0.3) is 0 Å². The molecule has 2 rings (SSSR count). The Labute approximate surface area is 162 Å². The number of hydrogen-bond acceptors (Lipinski definition) is 5. The summed E-state index contributed by atoms with van der Waals surface area (Å²) in [7, 11) is 3.15. The molecule has 0 spiro atoms. The molecule has 0 aromatic heterocycles. The summed E-state index contributed by atoms with van der Waals surface area (Å²) < 4.78 is 10.4. The second kappa shape index (κ2) is 10.1. The first-order chi connectivity index (χ1) is 12.6. The van der Waals surface area contributed by atoms with Crippen LogP contribution < -0.4 is 14.9 Å². The Morgan fingerprint density at radius 2 is 2.04 bits per heavy atom. The van der Waals surface area contributed by atoms with Crippen molar-refractivity contribution in [3.05, 3.63) is 52.5 Å². The van der Waals surface area contributed by atoms with Crippen molar-refractivity contribution >= 4 is 35.5 Å². The predicted octanol–water partition coefficient (Wildman–Crippen LogP) is 4.16. The number of thioether (sulfide) groups is 1. The van der Waals surface area contributed by atoms with Gasteiger partial charge in [0.15, 0.2) is 0 Å². The van der Waals surface area contributed by atoms with Crippen LogP contribution in [-0.4, -0.2) is 32.1 Å². The first kappa shape index (κ1) is 20.1. The third kappa shape index (κ3) is 5.68. The Morgan fingerprint density at radius 1 is 1.23 bits per heavy atom. The fraction of sp³-hybridized carbons (Fsp3) is 0.263. The summed E-state index contributed by atoms with van der Waals surface area (Å²) in [4.78, 5) is 13.2. The molecule has 0 aliphatic rings. The molecule has 0 saturated heterocycles. The molecule has 0 bridgehead atoms. The van der Waals surface area contributed by atoms with Crippen LogP contribution in [0.3, 0.4) is 0 Å². The van der Waals surface area contributed by atoms with Gasteiger partial charge in [-0.25, -0.2) is 5.43 Å². The zero-order valence-corrected chi connectivity index (χ0v) is 16.5. The minimum absolute atomic E-state index is 0.208. The van der Waals surface area contributed by atoms with Crippen LogP contribution in [0.15, 0.2) is 46.4 Å². The van der Waals surface area contributed by atoms with Crippen LogP contribution in [0, 0.1) is 0 Å². The number of carbonyl (C=O) groups is 1. The Hall–Kier alpha value is -2.18. The molecular formula is C19H21ClN2O3S. The highest BCUT2D eigenvalue weighted by Gasteiger charge is 2.09. The van der Waals surface area contributed by atoms with Crippen molar-refractivity contribution in [3.63, 3.8) is 0 Å². The van der Waals surface area contributed by atoms with Gasteiger partial charge >= 0.3 is 0 Å². The molecular weight excluding hydrogens is 372 g/mol. The number of halogens is 1. The molecule has 0 heterocycles. The molecule has 0 aliphatic carbocycles. The summed E-state index contributed by atoms with van der Waals surface area (Å²) in [6.07, 6.45) is 1.75. The second-order valence-electron chi connectivity index (χ2n) is 5.26. The van der Waals surface area contributed by atoms with E-state index in [1.54, 1.807) is 44.2 Å². The molecule has 0 fully saturated rings. The van der Waals surface area contributed by atoms with Gasteiger partial charge in [-0.05, 0) is 41.6 Å². The zero-order valence-electron chi connectivity index (χ0n) is 14.9. The first-order valence-electron chi connectivity index (χ1n) is 8.02. The molecule has 2 aromatic rings. The maximum absolute atomic E-state index is 12.2. The summed E-state index contributed by atoms with van der Waals surface area (Å²) >= 11 is 7.72. The van der Waals surface area contributed by atoms with Gasteiger partial charge in [-0.15, -0.1) is 11.8 Å². The van der Waals surface area contributed by atoms with Gasteiger partial charge < -0.3 is 9.47 Å². The van der Waals surface area contributed by atoms with E-state index in [2.05, 4.69) is 17.5 Å². The fourth-order valence-corrected chi connectivity index (χ4v) is 3.28. The van der Waals surface area contributed by atoms with Crippen LogP contribution in [0.5, 0.6) is 11.5 Å². The van der Waals surface area contributed by atoms with Gasteiger partial charge in [-0.1, -0.05) is 18.5 Å². The van der Waals surface area contributed by atoms with E-state index < -0.39 is 0 Å². The highest BCUT2D eigenvalue weighted by molar-refractivity contribution is 7.99. The molecule has 0 aliphatic heterocycles. The van der Waals surface area contributed by atoms with Gasteiger partial charge in [0.25, 0.3) is 0 Å². The number of rotatable bonds is 8. The number of nitrogens with one attached hydrogen (secondary N) is 1. The van der Waals surface area contributed by atoms with Crippen molar-refractivity contribution in [2.45, 2.75) is 18.2 Å². The van der Waals surface area contributed by atoms with Gasteiger partial charge in [-0.2, -0.15) is 5.10 Å². The van der Waals surface area contributed by atoms with E-state index >= 15 is 0 Å². The monoisotopic (exact) mass is 392 g/mol. The second-order valence-corrected chi connectivity index (χ2v) is 7.01. The molecule has 7 heteroatoms. The zero-order chi connectivity index (χ0) is 18.9. The van der Waals surface area contributed by atoms with Gasteiger partial charge in [0, 0.05) is 21.5 Å². The lowest BCUT2D eigenvalue weighted by atomic mass is 10.1. The number of ether oxygens (including phenoxy) is 2. The van der Waals surface area contributed by atoms with E-state index in [0.717, 1.165) is 21.8 Å². The van der Waals surface area contributed by atoms with Crippen LogP contribution in [0.1, 0.15) is 18.1 Å². The molecule has 138 valence electrons. The summed E-state index contributed by atoms with van der Waals surface area (Å²) in [5.74, 6) is 2.00. The molecule has 1 N–H and O–H groups in total. The molecule has 26 heavy (non-hydrogen) atoms. The third-order valence-corrected chi connectivity index (χ3v) is 4.74. The van der Waals surface area contributed by atoms with Crippen molar-refractivity contribution in [2.24, 2.45) is 5.10 Å². The first-order valence-corrected chi connectivity index (χ1v) is 9.38. The lowest BCUT2D eigenvalue weighted by Gasteiger charge is -2.08. The average molecular weight is 393 g/mol. The number of amides is 1. The quantitative estimate of drug-likeness (QED) is 0.416. The average Bonchev–Trinajstić information content (AvgIpc) is 2.64. The molecule has 0 radical (unpaired) electrons. The molecule has 5 nitrogen and oxygen atoms in total. The summed E-state index contributed by atoms with van der Waals surface area (Å²) in [5, 5.41) is 4.63. The number of hydrogen-bond donors (Lipinski definition) is 1. The lowest BCUT2D eigenvalue weighted by molar-refractivity contribution is -0.120. The van der Waals surface area contributed by atoms with Crippen LogP contribution in [-0.2, 0) is 11.2 Å². The summed E-state index contributed by atoms with van der Waals surface area (Å²) in [6.45, 7) is 2.07. The SMILES string of the molecule is CCSc1ccc(Cl)cc1CC(=O)N/N=C\c1ccc(OC)cc1OC. The smallest absolute Gasteiger partial charge is 0.244 e. The van der Waals surface area contributed by atoms with Crippen LogP contribution in [0.4, 0.5) is 0 Å².